The summed E-state index contributed by atoms with van der Waals surface area (Å²) in [7, 11) is 3.40. The minimum atomic E-state index is -0.761. The predicted molar refractivity (Wildman–Crippen MR) is 192 cm³/mol. The molecule has 258 valence electrons. The predicted octanol–water partition coefficient (Wildman–Crippen LogP) is 6.49. The van der Waals surface area contributed by atoms with E-state index in [0.29, 0.717) is 46.7 Å². The molecule has 2 aromatic heterocycles. The van der Waals surface area contributed by atoms with E-state index in [1.807, 2.05) is 18.2 Å². The Bertz CT molecular complexity index is 1850. The molecule has 0 saturated carbocycles. The van der Waals surface area contributed by atoms with Crippen LogP contribution in [0.25, 0.3) is 11.1 Å². The lowest BCUT2D eigenvalue weighted by atomic mass is 9.96. The summed E-state index contributed by atoms with van der Waals surface area (Å²) in [6.07, 6.45) is 6.74. The van der Waals surface area contributed by atoms with Crippen molar-refractivity contribution < 1.29 is 23.8 Å². The molecule has 0 aliphatic heterocycles. The largest absolute Gasteiger partial charge is 0.392 e. The van der Waals surface area contributed by atoms with Crippen LogP contribution in [0.3, 0.4) is 0 Å². The number of halogens is 1. The van der Waals surface area contributed by atoms with Gasteiger partial charge in [0.05, 0.1) is 23.6 Å². The molecule has 0 saturated heterocycles. The van der Waals surface area contributed by atoms with Gasteiger partial charge in [-0.25, -0.2) is 9.37 Å². The Morgan fingerprint density at radius 2 is 1.90 bits per heavy atom. The number of benzene rings is 2. The number of ketones is 1. The molecule has 0 radical (unpaired) electrons. The highest BCUT2D eigenvalue weighted by atomic mass is 19.1. The number of nitrogens with zero attached hydrogens (tertiary/aromatic N) is 4. The van der Waals surface area contributed by atoms with Crippen molar-refractivity contribution in [1.29, 1.82) is 0 Å². The summed E-state index contributed by atoms with van der Waals surface area (Å²) < 4.78 is 20.8. The minimum Gasteiger partial charge on any atom is -0.392 e. The number of hydrogen-bond donors (Lipinski definition) is 2. The number of rotatable bonds is 12. The number of aromatic nitrogens is 2. The average molecular weight is 670 g/mol. The van der Waals surface area contributed by atoms with Gasteiger partial charge in [-0.2, -0.15) is 5.10 Å². The summed E-state index contributed by atoms with van der Waals surface area (Å²) in [6, 6.07) is 15.0. The maximum absolute atomic E-state index is 14.1. The van der Waals surface area contributed by atoms with Gasteiger partial charge < -0.3 is 19.7 Å². The fraction of sp³-hybridized carbons (Fsp3) is 0.342. The highest BCUT2D eigenvalue weighted by Gasteiger charge is 2.26. The summed E-state index contributed by atoms with van der Waals surface area (Å²) in [4.78, 5) is 40.5. The molecule has 1 unspecified atom stereocenters. The Morgan fingerprint density at radius 3 is 2.57 bits per heavy atom. The van der Waals surface area contributed by atoms with Gasteiger partial charge in [-0.15, -0.1) is 0 Å². The average Bonchev–Trinajstić information content (AvgIpc) is 3.24. The molecule has 0 fully saturated rings. The zero-order chi connectivity index (χ0) is 35.5. The van der Waals surface area contributed by atoms with Crippen molar-refractivity contribution in [3.8, 4) is 11.1 Å². The van der Waals surface area contributed by atoms with E-state index in [2.05, 4.69) is 29.2 Å². The number of carbonyl (C=O) groups is 2. The Labute approximate surface area is 286 Å². The van der Waals surface area contributed by atoms with E-state index >= 15 is 0 Å². The van der Waals surface area contributed by atoms with Crippen LogP contribution in [0.4, 0.5) is 21.6 Å². The number of fused-ring (bicyclic) bond motifs is 3. The molecule has 10 nitrogen and oxygen atoms in total. The van der Waals surface area contributed by atoms with Crippen molar-refractivity contribution in [3.05, 3.63) is 105 Å². The minimum absolute atomic E-state index is 0.0766. The quantitative estimate of drug-likeness (QED) is 0.0577. The molecule has 0 spiro atoms. The maximum atomic E-state index is 14.1. The fourth-order valence-electron chi connectivity index (χ4n) is 5.53. The number of carbonyl (C=O) groups excluding carboxylic acids is 2. The smallest absolute Gasteiger partial charge is 0.274 e. The molecule has 4 aromatic rings. The van der Waals surface area contributed by atoms with E-state index in [-0.39, 0.29) is 23.3 Å². The van der Waals surface area contributed by atoms with Gasteiger partial charge in [0.25, 0.3) is 5.56 Å². The second-order valence-electron chi connectivity index (χ2n) is 11.9. The molecule has 2 heterocycles. The molecule has 0 bridgehead atoms. The monoisotopic (exact) mass is 669 g/mol. The zero-order valence-electron chi connectivity index (χ0n) is 28.7. The molecule has 11 heteroatoms. The molecule has 2 aromatic carbocycles. The molecule has 49 heavy (non-hydrogen) atoms. The lowest BCUT2D eigenvalue weighted by Gasteiger charge is -2.21. The summed E-state index contributed by atoms with van der Waals surface area (Å²) in [5, 5.41) is 20.1. The first-order chi connectivity index (χ1) is 23.6. The Morgan fingerprint density at radius 1 is 1.12 bits per heavy atom. The Hall–Kier alpha value is -5.00. The van der Waals surface area contributed by atoms with E-state index in [1.54, 1.807) is 43.4 Å². The van der Waals surface area contributed by atoms with Crippen LogP contribution in [0.1, 0.15) is 77.6 Å². The number of aliphatic hydroxyl groups excluding tert-OH is 1. The number of anilines is 3. The normalized spacial score (nSPS) is 13.5. The van der Waals surface area contributed by atoms with Crippen LogP contribution in [0.2, 0.25) is 0 Å². The van der Waals surface area contributed by atoms with Gasteiger partial charge in [0.2, 0.25) is 0 Å². The summed E-state index contributed by atoms with van der Waals surface area (Å²) in [6.45, 7) is 7.64. The number of Topliss-reactive ketones (excluding diaryl/α,β-unsaturated/α-hetero) is 1. The van der Waals surface area contributed by atoms with Crippen molar-refractivity contribution in [2.45, 2.75) is 59.0 Å². The van der Waals surface area contributed by atoms with Gasteiger partial charge in [0, 0.05) is 68.7 Å². The summed E-state index contributed by atoms with van der Waals surface area (Å²) in [5.41, 5.74) is 4.56. The molecule has 5 rings (SSSR count). The molecule has 1 aliphatic carbocycles. The Kier molecular flexibility index (Phi) is 13.1. The van der Waals surface area contributed by atoms with E-state index in [9.17, 15) is 23.9 Å². The van der Waals surface area contributed by atoms with Gasteiger partial charge in [0.15, 0.2) is 12.1 Å². The number of aldehydes is 1. The first-order valence-corrected chi connectivity index (χ1v) is 16.5. The van der Waals surface area contributed by atoms with Crippen molar-refractivity contribution in [1.82, 2.24) is 9.55 Å². The number of ether oxygens (including phenoxy) is 1. The van der Waals surface area contributed by atoms with E-state index in [1.165, 1.54) is 48.9 Å². The van der Waals surface area contributed by atoms with E-state index < -0.39 is 11.9 Å². The second-order valence-corrected chi connectivity index (χ2v) is 11.9. The number of pyridine rings is 2. The van der Waals surface area contributed by atoms with Gasteiger partial charge in [-0.1, -0.05) is 44.5 Å². The third kappa shape index (κ3) is 9.13. The molecular formula is C38H44FN5O5. The summed E-state index contributed by atoms with van der Waals surface area (Å²) in [5.74, 6) is -0.318. The van der Waals surface area contributed by atoms with Crippen molar-refractivity contribution in [3.63, 3.8) is 0 Å². The standard InChI is InChI=1S/C31H28FN5O4.C7H16O/c1-18(39)19-10-11-30(33-15-19)35-27-14-24-22-7-5-9-28(23(22)12-21(40)13-29(24)36(2)31(27)41)37(3)34-16-20-6-4-8-26(32)25(20)17-38;1-3-5-7-8-6-4-2/h4-11,14-17,21,40H,12-13H2,1-3H3,(H,33,35);3-7H2,1-2H3/b34-16-;. The van der Waals surface area contributed by atoms with Gasteiger partial charge in [-0.05, 0) is 61.2 Å². The van der Waals surface area contributed by atoms with E-state index in [0.717, 1.165) is 36.3 Å². The molecule has 1 aliphatic rings. The number of nitrogens with one attached hydrogen (secondary N) is 1. The third-order valence-corrected chi connectivity index (χ3v) is 8.20. The Balaban J connectivity index is 0.000000603. The SMILES string of the molecule is CC(=O)c1ccc(Nc2cc3c(n(C)c2=O)CC(O)Cc2c-3cccc2N(C)/N=C\c2cccc(F)c2C=O)nc1.CCCCOCCC. The van der Waals surface area contributed by atoms with Crippen molar-refractivity contribution in [2.24, 2.45) is 12.1 Å². The van der Waals surface area contributed by atoms with Crippen LogP contribution < -0.4 is 15.9 Å². The van der Waals surface area contributed by atoms with Gasteiger partial charge >= 0.3 is 0 Å². The highest BCUT2D eigenvalue weighted by molar-refractivity contribution is 5.94. The van der Waals surface area contributed by atoms with Crippen molar-refractivity contribution >= 4 is 35.5 Å². The van der Waals surface area contributed by atoms with Crippen LogP contribution in [-0.4, -0.2) is 59.3 Å². The fourth-order valence-corrected chi connectivity index (χ4v) is 5.53. The lowest BCUT2D eigenvalue weighted by Crippen LogP contribution is -2.26. The van der Waals surface area contributed by atoms with Crippen LogP contribution in [0.5, 0.6) is 0 Å². The lowest BCUT2D eigenvalue weighted by molar-refractivity contribution is 0.101. The number of unbranched alkanes of at least 4 members (excludes halogenated alkanes) is 1. The van der Waals surface area contributed by atoms with Crippen molar-refractivity contribution in [2.75, 3.05) is 30.6 Å². The first kappa shape index (κ1) is 36.8. The first-order valence-electron chi connectivity index (χ1n) is 16.5. The molecule has 1 atom stereocenters. The van der Waals surface area contributed by atoms with Gasteiger partial charge in [0.1, 0.15) is 17.3 Å². The second kappa shape index (κ2) is 17.4. The molecule has 0 amide bonds. The number of hydrazone groups is 1. The number of hydrogen-bond acceptors (Lipinski definition) is 9. The molecule has 2 N–H and O–H groups in total. The van der Waals surface area contributed by atoms with Crippen LogP contribution in [0, 0.1) is 5.82 Å². The van der Waals surface area contributed by atoms with Crippen LogP contribution >= 0.6 is 0 Å². The van der Waals surface area contributed by atoms with Crippen LogP contribution in [-0.2, 0) is 24.6 Å². The number of aliphatic hydroxyl groups is 1. The highest BCUT2D eigenvalue weighted by Crippen LogP contribution is 2.38. The summed E-state index contributed by atoms with van der Waals surface area (Å²) >= 11 is 0. The van der Waals surface area contributed by atoms with Crippen LogP contribution in [0.15, 0.2) is 70.7 Å². The zero-order valence-corrected chi connectivity index (χ0v) is 28.7. The van der Waals surface area contributed by atoms with E-state index in [4.69, 9.17) is 4.74 Å². The van der Waals surface area contributed by atoms with Gasteiger partial charge in [-0.3, -0.25) is 19.4 Å². The molecular weight excluding hydrogens is 625 g/mol. The maximum Gasteiger partial charge on any atom is 0.274 e. The third-order valence-electron chi connectivity index (χ3n) is 8.20. The topological polar surface area (TPSA) is 126 Å².